The first-order valence-corrected chi connectivity index (χ1v) is 8.23. The zero-order chi connectivity index (χ0) is 16.9. The second-order valence-electron chi connectivity index (χ2n) is 6.13. The van der Waals surface area contributed by atoms with Gasteiger partial charge >= 0.3 is 0 Å². The number of hydrogen-bond acceptors (Lipinski definition) is 4. The normalized spacial score (nSPS) is 17.8. The first kappa shape index (κ1) is 16.4. The second-order valence-corrected chi connectivity index (χ2v) is 6.13. The molecule has 2 heterocycles. The predicted octanol–water partition coefficient (Wildman–Crippen LogP) is 1.000. The second kappa shape index (κ2) is 7.40. The van der Waals surface area contributed by atoms with Crippen LogP contribution in [0.5, 0.6) is 0 Å². The van der Waals surface area contributed by atoms with E-state index in [2.05, 4.69) is 39.6 Å². The van der Waals surface area contributed by atoms with Crippen molar-refractivity contribution in [3.8, 4) is 0 Å². The smallest absolute Gasteiger partial charge is 0.271 e. The Labute approximate surface area is 141 Å². The van der Waals surface area contributed by atoms with Gasteiger partial charge in [0.15, 0.2) is 0 Å². The number of hydrogen-bond donors (Lipinski definition) is 1. The van der Waals surface area contributed by atoms with Gasteiger partial charge in [-0.05, 0) is 30.5 Å². The Morgan fingerprint density at radius 3 is 2.79 bits per heavy atom. The number of carbonyl (C=O) groups excluding carboxylic acids is 1. The van der Waals surface area contributed by atoms with E-state index in [0.717, 1.165) is 26.1 Å². The fraction of sp³-hybridized carbons (Fsp3) is 0.389. The Morgan fingerprint density at radius 2 is 2.04 bits per heavy atom. The molecular formula is C18H22N4O2. The number of nitrogens with zero attached hydrogens (tertiary/aromatic N) is 3. The van der Waals surface area contributed by atoms with Crippen LogP contribution in [-0.2, 0) is 7.05 Å². The van der Waals surface area contributed by atoms with Crippen LogP contribution in [0.3, 0.4) is 0 Å². The van der Waals surface area contributed by atoms with Crippen molar-refractivity contribution in [2.45, 2.75) is 12.3 Å². The van der Waals surface area contributed by atoms with E-state index in [9.17, 15) is 9.59 Å². The maximum absolute atomic E-state index is 12.1. The molecule has 1 fully saturated rings. The molecule has 0 bridgehead atoms. The summed E-state index contributed by atoms with van der Waals surface area (Å²) in [5.74, 6) is 0.330. The predicted molar refractivity (Wildman–Crippen MR) is 92.1 cm³/mol. The minimum absolute atomic E-state index is 0.226. The molecule has 1 aromatic carbocycles. The molecule has 2 aromatic rings. The summed E-state index contributed by atoms with van der Waals surface area (Å²) in [6.07, 6.45) is 1.15. The Kier molecular flexibility index (Phi) is 5.05. The van der Waals surface area contributed by atoms with Crippen LogP contribution in [-0.4, -0.2) is 46.8 Å². The van der Waals surface area contributed by atoms with Crippen molar-refractivity contribution in [1.29, 1.82) is 0 Å². The van der Waals surface area contributed by atoms with Gasteiger partial charge in [-0.2, -0.15) is 5.10 Å². The lowest BCUT2D eigenvalue weighted by molar-refractivity contribution is 0.0942. The molecule has 0 radical (unpaired) electrons. The lowest BCUT2D eigenvalue weighted by atomic mass is 9.99. The number of benzene rings is 1. The van der Waals surface area contributed by atoms with Crippen molar-refractivity contribution >= 4 is 5.91 Å². The zero-order valence-corrected chi connectivity index (χ0v) is 13.8. The van der Waals surface area contributed by atoms with Crippen molar-refractivity contribution in [2.75, 3.05) is 26.2 Å². The van der Waals surface area contributed by atoms with Crippen molar-refractivity contribution in [2.24, 2.45) is 7.05 Å². The van der Waals surface area contributed by atoms with E-state index in [1.165, 1.54) is 29.4 Å². The SMILES string of the molecule is Cn1nc(C(=O)NCCN2CC[C@H](c3ccccc3)C2)ccc1=O. The van der Waals surface area contributed by atoms with E-state index in [0.29, 0.717) is 12.5 Å². The molecule has 1 aromatic heterocycles. The average molecular weight is 326 g/mol. The molecule has 6 heteroatoms. The van der Waals surface area contributed by atoms with Crippen LogP contribution in [0, 0.1) is 0 Å². The van der Waals surface area contributed by atoms with Gasteiger partial charge < -0.3 is 10.2 Å². The fourth-order valence-corrected chi connectivity index (χ4v) is 3.07. The van der Waals surface area contributed by atoms with E-state index in [4.69, 9.17) is 0 Å². The molecule has 0 saturated carbocycles. The molecule has 3 rings (SSSR count). The van der Waals surface area contributed by atoms with Crippen molar-refractivity contribution < 1.29 is 4.79 Å². The minimum atomic E-state index is -0.246. The Bertz CT molecular complexity index is 757. The van der Waals surface area contributed by atoms with Crippen molar-refractivity contribution in [3.63, 3.8) is 0 Å². The summed E-state index contributed by atoms with van der Waals surface area (Å²) in [7, 11) is 1.53. The molecule has 24 heavy (non-hydrogen) atoms. The molecule has 1 saturated heterocycles. The third-order valence-electron chi connectivity index (χ3n) is 4.45. The molecular weight excluding hydrogens is 304 g/mol. The summed E-state index contributed by atoms with van der Waals surface area (Å²) in [5, 5.41) is 6.82. The van der Waals surface area contributed by atoms with E-state index in [1.54, 1.807) is 0 Å². The standard InChI is InChI=1S/C18H22N4O2/c1-21-17(23)8-7-16(20-21)18(24)19-10-12-22-11-9-15(13-22)14-5-3-2-4-6-14/h2-8,15H,9-13H2,1H3,(H,19,24)/t15-/m0/s1. The molecule has 0 unspecified atom stereocenters. The third-order valence-corrected chi connectivity index (χ3v) is 4.45. The summed E-state index contributed by atoms with van der Waals surface area (Å²) in [6.45, 7) is 3.47. The van der Waals surface area contributed by atoms with Gasteiger partial charge in [0.05, 0.1) is 0 Å². The highest BCUT2D eigenvalue weighted by molar-refractivity contribution is 5.91. The van der Waals surface area contributed by atoms with Crippen LogP contribution < -0.4 is 10.9 Å². The highest BCUT2D eigenvalue weighted by atomic mass is 16.2. The van der Waals surface area contributed by atoms with Gasteiger partial charge in [-0.15, -0.1) is 0 Å². The molecule has 1 amide bonds. The topological polar surface area (TPSA) is 67.2 Å². The van der Waals surface area contributed by atoms with E-state index in [-0.39, 0.29) is 17.2 Å². The molecule has 0 spiro atoms. The van der Waals surface area contributed by atoms with Crippen LogP contribution in [0.1, 0.15) is 28.4 Å². The summed E-state index contributed by atoms with van der Waals surface area (Å²) < 4.78 is 1.17. The number of nitrogens with one attached hydrogen (secondary N) is 1. The van der Waals surface area contributed by atoms with Crippen molar-refractivity contribution in [1.82, 2.24) is 20.0 Å². The van der Waals surface area contributed by atoms with Gasteiger partial charge in [0.1, 0.15) is 5.69 Å². The van der Waals surface area contributed by atoms with Crippen LogP contribution in [0.25, 0.3) is 0 Å². The molecule has 1 aliphatic heterocycles. The summed E-state index contributed by atoms with van der Waals surface area (Å²) in [4.78, 5) is 25.7. The summed E-state index contributed by atoms with van der Waals surface area (Å²) in [5.41, 5.74) is 1.43. The maximum atomic E-state index is 12.1. The van der Waals surface area contributed by atoms with Crippen LogP contribution >= 0.6 is 0 Å². The molecule has 1 N–H and O–H groups in total. The quantitative estimate of drug-likeness (QED) is 0.890. The number of aromatic nitrogens is 2. The Morgan fingerprint density at radius 1 is 1.25 bits per heavy atom. The number of amides is 1. The molecule has 1 aliphatic rings. The average Bonchev–Trinajstić information content (AvgIpc) is 3.07. The highest BCUT2D eigenvalue weighted by Gasteiger charge is 2.23. The van der Waals surface area contributed by atoms with E-state index < -0.39 is 0 Å². The fourth-order valence-electron chi connectivity index (χ4n) is 3.07. The number of rotatable bonds is 5. The van der Waals surface area contributed by atoms with Gasteiger partial charge in [-0.25, -0.2) is 4.68 Å². The molecule has 6 nitrogen and oxygen atoms in total. The lowest BCUT2D eigenvalue weighted by Gasteiger charge is -2.16. The van der Waals surface area contributed by atoms with Gasteiger partial charge in [0, 0.05) is 32.7 Å². The monoisotopic (exact) mass is 326 g/mol. The summed E-state index contributed by atoms with van der Waals surface area (Å²) in [6, 6.07) is 13.4. The minimum Gasteiger partial charge on any atom is -0.349 e. The largest absolute Gasteiger partial charge is 0.349 e. The van der Waals surface area contributed by atoms with Gasteiger partial charge in [0.25, 0.3) is 11.5 Å². The number of likely N-dealkylation sites (tertiary alicyclic amines) is 1. The molecule has 126 valence electrons. The zero-order valence-electron chi connectivity index (χ0n) is 13.8. The maximum Gasteiger partial charge on any atom is 0.271 e. The first-order chi connectivity index (χ1) is 11.6. The molecule has 0 aliphatic carbocycles. The van der Waals surface area contributed by atoms with Crippen LogP contribution in [0.2, 0.25) is 0 Å². The van der Waals surface area contributed by atoms with Crippen LogP contribution in [0.4, 0.5) is 0 Å². The lowest BCUT2D eigenvalue weighted by Crippen LogP contribution is -2.35. The first-order valence-electron chi connectivity index (χ1n) is 8.23. The molecule has 1 atom stereocenters. The van der Waals surface area contributed by atoms with Crippen molar-refractivity contribution in [3.05, 3.63) is 64.1 Å². The van der Waals surface area contributed by atoms with E-state index in [1.807, 2.05) is 6.07 Å². The van der Waals surface area contributed by atoms with Gasteiger partial charge in [0.2, 0.25) is 0 Å². The third kappa shape index (κ3) is 3.89. The Balaban J connectivity index is 1.46. The number of carbonyl (C=O) groups is 1. The highest BCUT2D eigenvalue weighted by Crippen LogP contribution is 2.26. The van der Waals surface area contributed by atoms with Gasteiger partial charge in [-0.3, -0.25) is 9.59 Å². The van der Waals surface area contributed by atoms with Crippen LogP contribution in [0.15, 0.2) is 47.3 Å². The Hall–Kier alpha value is -2.47. The van der Waals surface area contributed by atoms with E-state index >= 15 is 0 Å². The summed E-state index contributed by atoms with van der Waals surface area (Å²) >= 11 is 0. The van der Waals surface area contributed by atoms with Gasteiger partial charge in [-0.1, -0.05) is 30.3 Å². The number of aryl methyl sites for hydroxylation is 1.